The van der Waals surface area contributed by atoms with Crippen molar-refractivity contribution < 1.29 is 9.53 Å². The summed E-state index contributed by atoms with van der Waals surface area (Å²) in [6, 6.07) is 4.24. The van der Waals surface area contributed by atoms with Crippen LogP contribution in [0.25, 0.3) is 0 Å². The Hall–Kier alpha value is -2.03. The lowest BCUT2D eigenvalue weighted by molar-refractivity contribution is -0.120. The number of anilines is 1. The van der Waals surface area contributed by atoms with E-state index in [0.29, 0.717) is 0 Å². The molecule has 21 heavy (non-hydrogen) atoms. The molecule has 3 nitrogen and oxygen atoms in total. The Bertz CT molecular complexity index is 716. The number of amides is 1. The molecule has 0 saturated heterocycles. The van der Waals surface area contributed by atoms with Gasteiger partial charge in [-0.25, -0.2) is 0 Å². The minimum atomic E-state index is -0.0659. The molecule has 1 N–H and O–H groups in total. The van der Waals surface area contributed by atoms with E-state index in [2.05, 4.69) is 37.4 Å². The zero-order valence-corrected chi connectivity index (χ0v) is 12.6. The standard InChI is InChI=1S/C18H19NO2/c1-10-11(2)17(20)19-14-9-15-13(8-12(10)14)18(3)7-5-4-6-16(18)21-15/h4-6,8-11H,7H2,1-3H3,(H,19,20). The number of ether oxygens (including phenoxy) is 1. The lowest BCUT2D eigenvalue weighted by Gasteiger charge is -2.30. The summed E-state index contributed by atoms with van der Waals surface area (Å²) in [4.78, 5) is 12.0. The summed E-state index contributed by atoms with van der Waals surface area (Å²) in [5, 5.41) is 3.01. The molecule has 0 spiro atoms. The van der Waals surface area contributed by atoms with Gasteiger partial charge < -0.3 is 10.1 Å². The second-order valence-electron chi connectivity index (χ2n) is 6.60. The number of hydrogen-bond donors (Lipinski definition) is 1. The predicted octanol–water partition coefficient (Wildman–Crippen LogP) is 3.87. The highest BCUT2D eigenvalue weighted by Crippen LogP contribution is 2.52. The van der Waals surface area contributed by atoms with Crippen molar-refractivity contribution in [3.05, 3.63) is 47.2 Å². The molecule has 3 unspecified atom stereocenters. The van der Waals surface area contributed by atoms with Crippen LogP contribution in [0.15, 0.2) is 36.1 Å². The lowest BCUT2D eigenvalue weighted by Crippen LogP contribution is -2.30. The number of rotatable bonds is 0. The van der Waals surface area contributed by atoms with Crippen molar-refractivity contribution in [3.63, 3.8) is 0 Å². The van der Waals surface area contributed by atoms with Gasteiger partial charge in [0.15, 0.2) is 0 Å². The molecule has 1 amide bonds. The first-order valence-corrected chi connectivity index (χ1v) is 7.55. The van der Waals surface area contributed by atoms with Gasteiger partial charge in [0.25, 0.3) is 0 Å². The second-order valence-corrected chi connectivity index (χ2v) is 6.60. The van der Waals surface area contributed by atoms with Crippen LogP contribution in [-0.2, 0) is 10.2 Å². The van der Waals surface area contributed by atoms with Gasteiger partial charge in [0, 0.05) is 23.2 Å². The van der Waals surface area contributed by atoms with Crippen molar-refractivity contribution in [2.45, 2.75) is 38.5 Å². The molecule has 108 valence electrons. The molecule has 1 aromatic rings. The van der Waals surface area contributed by atoms with Gasteiger partial charge in [0.2, 0.25) is 5.91 Å². The Balaban J connectivity index is 1.89. The molecule has 4 rings (SSSR count). The van der Waals surface area contributed by atoms with E-state index in [4.69, 9.17) is 4.74 Å². The number of benzene rings is 1. The Morgan fingerprint density at radius 1 is 1.29 bits per heavy atom. The Kier molecular flexibility index (Phi) is 2.42. The van der Waals surface area contributed by atoms with Crippen molar-refractivity contribution in [1.82, 2.24) is 0 Å². The van der Waals surface area contributed by atoms with Gasteiger partial charge in [-0.15, -0.1) is 0 Å². The number of carbonyl (C=O) groups is 1. The number of hydrogen-bond acceptors (Lipinski definition) is 2. The first-order valence-electron chi connectivity index (χ1n) is 7.55. The molecule has 0 saturated carbocycles. The number of carbonyl (C=O) groups excluding carboxylic acids is 1. The molecule has 0 bridgehead atoms. The van der Waals surface area contributed by atoms with Crippen molar-refractivity contribution in [2.24, 2.45) is 5.92 Å². The topological polar surface area (TPSA) is 38.3 Å². The SMILES string of the molecule is CC1C(=O)Nc2cc3c(cc2C1C)C1(C)CC=CC=C1O3. The van der Waals surface area contributed by atoms with Gasteiger partial charge in [-0.1, -0.05) is 26.0 Å². The zero-order chi connectivity index (χ0) is 14.8. The normalized spacial score (nSPS) is 32.5. The summed E-state index contributed by atoms with van der Waals surface area (Å²) in [5.74, 6) is 2.22. The minimum absolute atomic E-state index is 0.00643. The largest absolute Gasteiger partial charge is 0.460 e. The monoisotopic (exact) mass is 281 g/mol. The van der Waals surface area contributed by atoms with Gasteiger partial charge >= 0.3 is 0 Å². The van der Waals surface area contributed by atoms with Crippen LogP contribution in [0.2, 0.25) is 0 Å². The molecule has 0 radical (unpaired) electrons. The number of fused-ring (bicyclic) bond motifs is 4. The van der Waals surface area contributed by atoms with E-state index in [0.717, 1.165) is 23.6 Å². The molecule has 3 aliphatic rings. The molecule has 2 heterocycles. The molecule has 1 aromatic carbocycles. The molecule has 3 heteroatoms. The summed E-state index contributed by atoms with van der Waals surface area (Å²) >= 11 is 0. The third-order valence-corrected chi connectivity index (χ3v) is 5.33. The smallest absolute Gasteiger partial charge is 0.227 e. The van der Waals surface area contributed by atoms with Crippen LogP contribution < -0.4 is 10.1 Å². The minimum Gasteiger partial charge on any atom is -0.460 e. The van der Waals surface area contributed by atoms with Gasteiger partial charge in [0.1, 0.15) is 11.5 Å². The molecular formula is C18H19NO2. The maximum atomic E-state index is 12.0. The van der Waals surface area contributed by atoms with Gasteiger partial charge in [0.05, 0.1) is 5.41 Å². The molecule has 0 fully saturated rings. The van der Waals surface area contributed by atoms with Crippen LogP contribution >= 0.6 is 0 Å². The Labute approximate surface area is 124 Å². The zero-order valence-electron chi connectivity index (χ0n) is 12.6. The lowest BCUT2D eigenvalue weighted by atomic mass is 9.74. The summed E-state index contributed by atoms with van der Waals surface area (Å²) in [6.45, 7) is 6.35. The fourth-order valence-corrected chi connectivity index (χ4v) is 3.59. The average Bonchev–Trinajstić information content (AvgIpc) is 2.75. The molecule has 1 aliphatic carbocycles. The Morgan fingerprint density at radius 2 is 2.10 bits per heavy atom. The van der Waals surface area contributed by atoms with Crippen LogP contribution in [0, 0.1) is 5.92 Å². The van der Waals surface area contributed by atoms with Crippen LogP contribution in [0.5, 0.6) is 5.75 Å². The summed E-state index contributed by atoms with van der Waals surface area (Å²) < 4.78 is 6.04. The maximum Gasteiger partial charge on any atom is 0.227 e. The van der Waals surface area contributed by atoms with Gasteiger partial charge in [-0.2, -0.15) is 0 Å². The van der Waals surface area contributed by atoms with Crippen LogP contribution in [0.4, 0.5) is 5.69 Å². The third kappa shape index (κ3) is 1.57. The second kappa shape index (κ2) is 4.00. The van der Waals surface area contributed by atoms with E-state index >= 15 is 0 Å². The van der Waals surface area contributed by atoms with Gasteiger partial charge in [-0.3, -0.25) is 4.79 Å². The quantitative estimate of drug-likeness (QED) is 0.784. The summed E-state index contributed by atoms with van der Waals surface area (Å²) in [7, 11) is 0. The van der Waals surface area contributed by atoms with E-state index in [1.165, 1.54) is 11.1 Å². The van der Waals surface area contributed by atoms with Crippen LogP contribution in [0.3, 0.4) is 0 Å². The van der Waals surface area contributed by atoms with Crippen LogP contribution in [0.1, 0.15) is 44.2 Å². The number of allylic oxidation sites excluding steroid dienone is 4. The molecule has 3 atom stereocenters. The predicted molar refractivity (Wildman–Crippen MR) is 82.5 cm³/mol. The molecule has 0 aromatic heterocycles. The molecule has 2 aliphatic heterocycles. The Morgan fingerprint density at radius 3 is 2.90 bits per heavy atom. The van der Waals surface area contributed by atoms with Crippen molar-refractivity contribution in [3.8, 4) is 5.75 Å². The maximum absolute atomic E-state index is 12.0. The van der Waals surface area contributed by atoms with Gasteiger partial charge in [-0.05, 0) is 37.0 Å². The van der Waals surface area contributed by atoms with Crippen molar-refractivity contribution >= 4 is 11.6 Å². The van der Waals surface area contributed by atoms with Crippen LogP contribution in [-0.4, -0.2) is 5.91 Å². The first-order chi connectivity index (χ1) is 10.0. The summed E-state index contributed by atoms with van der Waals surface area (Å²) in [5.41, 5.74) is 3.30. The fourth-order valence-electron chi connectivity index (χ4n) is 3.59. The van der Waals surface area contributed by atoms with E-state index < -0.39 is 0 Å². The molecular weight excluding hydrogens is 262 g/mol. The average molecular weight is 281 g/mol. The number of nitrogens with one attached hydrogen (secondary N) is 1. The summed E-state index contributed by atoms with van der Waals surface area (Å²) in [6.07, 6.45) is 7.25. The van der Waals surface area contributed by atoms with E-state index in [9.17, 15) is 4.79 Å². The van der Waals surface area contributed by atoms with E-state index in [-0.39, 0.29) is 23.2 Å². The van der Waals surface area contributed by atoms with Crippen molar-refractivity contribution in [1.29, 1.82) is 0 Å². The first kappa shape index (κ1) is 12.7. The van der Waals surface area contributed by atoms with E-state index in [1.807, 2.05) is 19.1 Å². The highest BCUT2D eigenvalue weighted by atomic mass is 16.5. The van der Waals surface area contributed by atoms with Crippen molar-refractivity contribution in [2.75, 3.05) is 5.32 Å². The fraction of sp³-hybridized carbons (Fsp3) is 0.389. The van der Waals surface area contributed by atoms with E-state index in [1.54, 1.807) is 0 Å². The third-order valence-electron chi connectivity index (χ3n) is 5.33. The highest BCUT2D eigenvalue weighted by molar-refractivity contribution is 5.96. The highest BCUT2D eigenvalue weighted by Gasteiger charge is 2.43.